The van der Waals surface area contributed by atoms with Crippen LogP contribution in [0.5, 0.6) is 0 Å². The number of rotatable bonds is 10. The summed E-state index contributed by atoms with van der Waals surface area (Å²) in [7, 11) is 0. The standard InChI is InChI=1S/C19H25NO3/c1-2-3-4-5-11-18(21)16-14-20(13-8-12-19(22)23)17-10-7-6-9-15(16)17/h6-7,9-10,14H,2-5,8,11-13H2,1H3,(H,22,23). The second kappa shape index (κ2) is 8.51. The zero-order valence-corrected chi connectivity index (χ0v) is 13.8. The number of Topliss-reactive ketones (excluding diaryl/α,β-unsaturated/α-hetero) is 1. The fourth-order valence-corrected chi connectivity index (χ4v) is 2.90. The van der Waals surface area contributed by atoms with Crippen molar-refractivity contribution in [3.63, 3.8) is 0 Å². The van der Waals surface area contributed by atoms with E-state index in [1.165, 1.54) is 6.42 Å². The number of ketones is 1. The van der Waals surface area contributed by atoms with Crippen LogP contribution in [0.15, 0.2) is 30.5 Å². The van der Waals surface area contributed by atoms with Gasteiger partial charge < -0.3 is 9.67 Å². The number of fused-ring (bicyclic) bond motifs is 1. The van der Waals surface area contributed by atoms with Crippen molar-refractivity contribution in [2.75, 3.05) is 0 Å². The minimum Gasteiger partial charge on any atom is -0.481 e. The molecule has 2 aromatic rings. The fourth-order valence-electron chi connectivity index (χ4n) is 2.90. The Morgan fingerprint density at radius 2 is 1.83 bits per heavy atom. The molecule has 0 aliphatic heterocycles. The van der Waals surface area contributed by atoms with Crippen molar-refractivity contribution >= 4 is 22.7 Å². The van der Waals surface area contributed by atoms with Gasteiger partial charge in [0.1, 0.15) is 0 Å². The Morgan fingerprint density at radius 1 is 1.04 bits per heavy atom. The maximum absolute atomic E-state index is 12.5. The van der Waals surface area contributed by atoms with E-state index in [0.717, 1.165) is 35.7 Å². The largest absolute Gasteiger partial charge is 0.481 e. The number of para-hydroxylation sites is 1. The smallest absolute Gasteiger partial charge is 0.303 e. The molecule has 0 saturated heterocycles. The van der Waals surface area contributed by atoms with E-state index in [2.05, 4.69) is 6.92 Å². The molecule has 1 heterocycles. The molecular formula is C19H25NO3. The number of aliphatic carboxylic acids is 1. The second-order valence-electron chi connectivity index (χ2n) is 5.98. The van der Waals surface area contributed by atoms with Crippen LogP contribution in [0.1, 0.15) is 62.2 Å². The lowest BCUT2D eigenvalue weighted by atomic mass is 10.0. The SMILES string of the molecule is CCCCCCC(=O)c1cn(CCCC(=O)O)c2ccccc12. The van der Waals surface area contributed by atoms with Crippen LogP contribution in [0.2, 0.25) is 0 Å². The third-order valence-corrected chi connectivity index (χ3v) is 4.14. The highest BCUT2D eigenvalue weighted by atomic mass is 16.4. The molecular weight excluding hydrogens is 290 g/mol. The third-order valence-electron chi connectivity index (χ3n) is 4.14. The molecule has 1 N–H and O–H groups in total. The number of nitrogens with zero attached hydrogens (tertiary/aromatic N) is 1. The number of carbonyl (C=O) groups is 2. The summed E-state index contributed by atoms with van der Waals surface area (Å²) in [5, 5.41) is 9.75. The van der Waals surface area contributed by atoms with E-state index in [1.807, 2.05) is 35.0 Å². The van der Waals surface area contributed by atoms with Gasteiger partial charge in [-0.2, -0.15) is 0 Å². The Kier molecular flexibility index (Phi) is 6.39. The molecule has 2 rings (SSSR count). The summed E-state index contributed by atoms with van der Waals surface area (Å²) >= 11 is 0. The lowest BCUT2D eigenvalue weighted by Gasteiger charge is -2.03. The number of hydrogen-bond acceptors (Lipinski definition) is 2. The number of carboxylic acid groups (broad SMARTS) is 1. The number of aryl methyl sites for hydroxylation is 1. The molecule has 0 saturated carbocycles. The van der Waals surface area contributed by atoms with Gasteiger partial charge in [-0.05, 0) is 18.9 Å². The lowest BCUT2D eigenvalue weighted by Crippen LogP contribution is -2.01. The number of unbranched alkanes of at least 4 members (excludes halogenated alkanes) is 3. The van der Waals surface area contributed by atoms with Crippen LogP contribution >= 0.6 is 0 Å². The molecule has 0 amide bonds. The van der Waals surface area contributed by atoms with E-state index in [4.69, 9.17) is 5.11 Å². The first-order chi connectivity index (χ1) is 11.1. The van der Waals surface area contributed by atoms with Crippen molar-refractivity contribution < 1.29 is 14.7 Å². The van der Waals surface area contributed by atoms with Gasteiger partial charge in [0.05, 0.1) is 0 Å². The van der Waals surface area contributed by atoms with Crippen molar-refractivity contribution in [3.05, 3.63) is 36.0 Å². The van der Waals surface area contributed by atoms with Crippen LogP contribution in [-0.2, 0) is 11.3 Å². The molecule has 1 aromatic heterocycles. The predicted octanol–water partition coefficient (Wildman–Crippen LogP) is 4.66. The van der Waals surface area contributed by atoms with Gasteiger partial charge in [-0.25, -0.2) is 0 Å². The summed E-state index contributed by atoms with van der Waals surface area (Å²) in [4.78, 5) is 23.2. The first-order valence-corrected chi connectivity index (χ1v) is 8.46. The number of benzene rings is 1. The van der Waals surface area contributed by atoms with Crippen LogP contribution in [-0.4, -0.2) is 21.4 Å². The molecule has 0 aliphatic rings. The van der Waals surface area contributed by atoms with Gasteiger partial charge in [0.2, 0.25) is 0 Å². The van der Waals surface area contributed by atoms with E-state index in [1.54, 1.807) is 0 Å². The Labute approximate surface area is 137 Å². The quantitative estimate of drug-likeness (QED) is 0.512. The highest BCUT2D eigenvalue weighted by Gasteiger charge is 2.14. The number of hydrogen-bond donors (Lipinski definition) is 1. The van der Waals surface area contributed by atoms with Gasteiger partial charge in [0, 0.05) is 42.0 Å². The molecule has 0 fully saturated rings. The normalized spacial score (nSPS) is 11.0. The molecule has 0 atom stereocenters. The van der Waals surface area contributed by atoms with Gasteiger partial charge >= 0.3 is 5.97 Å². The monoisotopic (exact) mass is 315 g/mol. The predicted molar refractivity (Wildman–Crippen MR) is 91.9 cm³/mol. The summed E-state index contributed by atoms with van der Waals surface area (Å²) in [6.07, 6.45) is 7.56. The van der Waals surface area contributed by atoms with Crippen LogP contribution in [0.3, 0.4) is 0 Å². The third kappa shape index (κ3) is 4.68. The maximum Gasteiger partial charge on any atom is 0.303 e. The van der Waals surface area contributed by atoms with Crippen LogP contribution in [0.4, 0.5) is 0 Å². The van der Waals surface area contributed by atoms with Crippen LogP contribution in [0, 0.1) is 0 Å². The first kappa shape index (κ1) is 17.3. The first-order valence-electron chi connectivity index (χ1n) is 8.46. The molecule has 23 heavy (non-hydrogen) atoms. The zero-order valence-electron chi connectivity index (χ0n) is 13.8. The Balaban J connectivity index is 2.13. The van der Waals surface area contributed by atoms with E-state index < -0.39 is 5.97 Å². The van der Waals surface area contributed by atoms with Crippen molar-refractivity contribution in [2.24, 2.45) is 0 Å². The van der Waals surface area contributed by atoms with E-state index in [-0.39, 0.29) is 12.2 Å². The summed E-state index contributed by atoms with van der Waals surface area (Å²) in [6, 6.07) is 7.86. The van der Waals surface area contributed by atoms with Crippen LogP contribution < -0.4 is 0 Å². The summed E-state index contributed by atoms with van der Waals surface area (Å²) in [5.41, 5.74) is 1.78. The lowest BCUT2D eigenvalue weighted by molar-refractivity contribution is -0.137. The van der Waals surface area contributed by atoms with Gasteiger partial charge in [0.15, 0.2) is 5.78 Å². The summed E-state index contributed by atoms with van der Waals surface area (Å²) in [6.45, 7) is 2.78. The average molecular weight is 315 g/mol. The number of carbonyl (C=O) groups excluding carboxylic acids is 1. The minimum atomic E-state index is -0.784. The molecule has 0 radical (unpaired) electrons. The van der Waals surface area contributed by atoms with E-state index in [9.17, 15) is 9.59 Å². The zero-order chi connectivity index (χ0) is 16.7. The van der Waals surface area contributed by atoms with Crippen LogP contribution in [0.25, 0.3) is 10.9 Å². The summed E-state index contributed by atoms with van der Waals surface area (Å²) < 4.78 is 2.01. The van der Waals surface area contributed by atoms with Crippen molar-refractivity contribution in [1.29, 1.82) is 0 Å². The van der Waals surface area contributed by atoms with Gasteiger partial charge in [-0.15, -0.1) is 0 Å². The molecule has 124 valence electrons. The molecule has 1 aromatic carbocycles. The van der Waals surface area contributed by atoms with Crippen molar-refractivity contribution in [1.82, 2.24) is 4.57 Å². The van der Waals surface area contributed by atoms with Crippen molar-refractivity contribution in [3.8, 4) is 0 Å². The van der Waals surface area contributed by atoms with Crippen molar-refractivity contribution in [2.45, 2.75) is 58.4 Å². The van der Waals surface area contributed by atoms with Gasteiger partial charge in [0.25, 0.3) is 0 Å². The molecule has 0 bridgehead atoms. The van der Waals surface area contributed by atoms with Gasteiger partial charge in [-0.1, -0.05) is 44.4 Å². The molecule has 4 nitrogen and oxygen atoms in total. The van der Waals surface area contributed by atoms with E-state index >= 15 is 0 Å². The molecule has 0 aliphatic carbocycles. The molecule has 4 heteroatoms. The summed E-state index contributed by atoms with van der Waals surface area (Å²) in [5.74, 6) is -0.594. The molecule has 0 spiro atoms. The average Bonchev–Trinajstić information content (AvgIpc) is 2.90. The molecule has 0 unspecified atom stereocenters. The minimum absolute atomic E-state index is 0.146. The topological polar surface area (TPSA) is 59.3 Å². The number of aromatic nitrogens is 1. The van der Waals surface area contributed by atoms with Gasteiger partial charge in [-0.3, -0.25) is 9.59 Å². The Bertz CT molecular complexity index is 672. The second-order valence-corrected chi connectivity index (χ2v) is 5.98. The Morgan fingerprint density at radius 3 is 2.57 bits per heavy atom. The highest BCUT2D eigenvalue weighted by molar-refractivity contribution is 6.08. The number of carboxylic acids is 1. The fraction of sp³-hybridized carbons (Fsp3) is 0.474. The Hall–Kier alpha value is -2.10. The maximum atomic E-state index is 12.5. The highest BCUT2D eigenvalue weighted by Crippen LogP contribution is 2.24. The van der Waals surface area contributed by atoms with E-state index in [0.29, 0.717) is 19.4 Å².